The quantitative estimate of drug-likeness (QED) is 0.729. The third kappa shape index (κ3) is 4.35. The highest BCUT2D eigenvalue weighted by atomic mass is 32.2. The SMILES string of the molecule is Cc1cccc(NS(=O)(=O)c2ccc(C)c(C(=O)N=c3sccn3C)c2)c1. The predicted molar refractivity (Wildman–Crippen MR) is 106 cm³/mol. The maximum absolute atomic E-state index is 12.7. The largest absolute Gasteiger partial charge is 0.327 e. The van der Waals surface area contributed by atoms with Gasteiger partial charge in [-0.2, -0.15) is 4.99 Å². The lowest BCUT2D eigenvalue weighted by Gasteiger charge is -2.10. The zero-order valence-corrected chi connectivity index (χ0v) is 16.8. The van der Waals surface area contributed by atoms with Gasteiger partial charge in [0.25, 0.3) is 15.9 Å². The van der Waals surface area contributed by atoms with Gasteiger partial charge in [0.1, 0.15) is 0 Å². The molecular weight excluding hydrogens is 382 g/mol. The average Bonchev–Trinajstić information content (AvgIpc) is 2.99. The number of hydrogen-bond donors (Lipinski definition) is 1. The summed E-state index contributed by atoms with van der Waals surface area (Å²) in [5, 5.41) is 1.83. The van der Waals surface area contributed by atoms with E-state index in [0.717, 1.165) is 5.56 Å². The first-order chi connectivity index (χ1) is 12.8. The van der Waals surface area contributed by atoms with Gasteiger partial charge in [-0.25, -0.2) is 8.42 Å². The fourth-order valence-electron chi connectivity index (χ4n) is 2.50. The van der Waals surface area contributed by atoms with Gasteiger partial charge in [-0.15, -0.1) is 11.3 Å². The van der Waals surface area contributed by atoms with Crippen molar-refractivity contribution in [3.05, 3.63) is 75.5 Å². The van der Waals surface area contributed by atoms with Crippen molar-refractivity contribution in [1.82, 2.24) is 4.57 Å². The molecule has 1 amide bonds. The molecule has 140 valence electrons. The van der Waals surface area contributed by atoms with Gasteiger partial charge in [0.2, 0.25) is 0 Å². The number of hydrogen-bond acceptors (Lipinski definition) is 4. The maximum atomic E-state index is 12.7. The molecule has 3 aromatic rings. The van der Waals surface area contributed by atoms with Crippen LogP contribution >= 0.6 is 11.3 Å². The monoisotopic (exact) mass is 401 g/mol. The van der Waals surface area contributed by atoms with Crippen LogP contribution in [0.2, 0.25) is 0 Å². The third-order valence-corrected chi connectivity index (χ3v) is 6.20. The molecule has 0 spiro atoms. The number of anilines is 1. The molecule has 3 rings (SSSR count). The normalized spacial score (nSPS) is 12.2. The fraction of sp³-hybridized carbons (Fsp3) is 0.158. The van der Waals surface area contributed by atoms with Crippen LogP contribution in [0.4, 0.5) is 5.69 Å². The van der Waals surface area contributed by atoms with E-state index in [4.69, 9.17) is 0 Å². The second-order valence-corrected chi connectivity index (χ2v) is 8.72. The zero-order valence-electron chi connectivity index (χ0n) is 15.1. The summed E-state index contributed by atoms with van der Waals surface area (Å²) in [6.07, 6.45) is 1.80. The molecule has 0 bridgehead atoms. The van der Waals surface area contributed by atoms with Crippen LogP contribution in [0.25, 0.3) is 0 Å². The lowest BCUT2D eigenvalue weighted by Crippen LogP contribution is -2.16. The number of thiazole rings is 1. The summed E-state index contributed by atoms with van der Waals surface area (Å²) in [4.78, 5) is 17.2. The molecule has 0 fully saturated rings. The van der Waals surface area contributed by atoms with Crippen LogP contribution in [0.1, 0.15) is 21.5 Å². The molecule has 2 aromatic carbocycles. The van der Waals surface area contributed by atoms with Crippen molar-refractivity contribution in [2.45, 2.75) is 18.7 Å². The van der Waals surface area contributed by atoms with Crippen molar-refractivity contribution in [2.75, 3.05) is 4.72 Å². The number of carbonyl (C=O) groups is 1. The molecule has 0 aliphatic heterocycles. The van der Waals surface area contributed by atoms with Crippen LogP contribution < -0.4 is 9.52 Å². The van der Waals surface area contributed by atoms with Gasteiger partial charge < -0.3 is 4.57 Å². The standard InChI is InChI=1S/C19H19N3O3S2/c1-13-5-4-6-15(11-13)21-27(24,25)16-8-7-14(2)17(12-16)18(23)20-19-22(3)9-10-26-19/h4-12,21H,1-3H3. The average molecular weight is 402 g/mol. The number of benzene rings is 2. The van der Waals surface area contributed by atoms with E-state index < -0.39 is 15.9 Å². The van der Waals surface area contributed by atoms with Gasteiger partial charge in [0, 0.05) is 29.9 Å². The van der Waals surface area contributed by atoms with Gasteiger partial charge in [0.15, 0.2) is 4.80 Å². The first kappa shape index (κ1) is 19.1. The van der Waals surface area contributed by atoms with Crippen molar-refractivity contribution in [3.8, 4) is 0 Å². The van der Waals surface area contributed by atoms with Crippen LogP contribution in [-0.2, 0) is 17.1 Å². The molecule has 0 radical (unpaired) electrons. The highest BCUT2D eigenvalue weighted by Gasteiger charge is 2.18. The Morgan fingerprint density at radius 3 is 2.59 bits per heavy atom. The molecule has 1 aromatic heterocycles. The first-order valence-corrected chi connectivity index (χ1v) is 10.5. The summed E-state index contributed by atoms with van der Waals surface area (Å²) in [7, 11) is -2.03. The molecule has 0 aliphatic rings. The number of carbonyl (C=O) groups excluding carboxylic acids is 1. The Morgan fingerprint density at radius 1 is 1.15 bits per heavy atom. The number of aryl methyl sites for hydroxylation is 3. The molecule has 0 unspecified atom stereocenters. The smallest absolute Gasteiger partial charge is 0.279 e. The fourth-order valence-corrected chi connectivity index (χ4v) is 4.31. The highest BCUT2D eigenvalue weighted by molar-refractivity contribution is 7.92. The molecule has 0 saturated heterocycles. The van der Waals surface area contributed by atoms with Gasteiger partial charge in [-0.3, -0.25) is 9.52 Å². The topological polar surface area (TPSA) is 80.5 Å². The number of aromatic nitrogens is 1. The van der Waals surface area contributed by atoms with Crippen molar-refractivity contribution in [3.63, 3.8) is 0 Å². The lowest BCUT2D eigenvalue weighted by molar-refractivity contribution is 0.0997. The van der Waals surface area contributed by atoms with E-state index in [-0.39, 0.29) is 10.5 Å². The second-order valence-electron chi connectivity index (χ2n) is 6.17. The van der Waals surface area contributed by atoms with Crippen LogP contribution in [0.15, 0.2) is 63.9 Å². The van der Waals surface area contributed by atoms with E-state index in [9.17, 15) is 13.2 Å². The minimum atomic E-state index is -3.82. The first-order valence-electron chi connectivity index (χ1n) is 8.15. The van der Waals surface area contributed by atoms with Gasteiger partial charge >= 0.3 is 0 Å². The summed E-state index contributed by atoms with van der Waals surface area (Å²) in [5.74, 6) is -0.474. The highest BCUT2D eigenvalue weighted by Crippen LogP contribution is 2.20. The molecule has 8 heteroatoms. The minimum Gasteiger partial charge on any atom is -0.327 e. The Balaban J connectivity index is 1.97. The van der Waals surface area contributed by atoms with E-state index in [1.165, 1.54) is 23.5 Å². The van der Waals surface area contributed by atoms with Crippen molar-refractivity contribution in [2.24, 2.45) is 12.0 Å². The zero-order chi connectivity index (χ0) is 19.6. The third-order valence-electron chi connectivity index (χ3n) is 3.98. The summed E-state index contributed by atoms with van der Waals surface area (Å²) in [6.45, 7) is 3.63. The molecule has 1 heterocycles. The molecule has 0 saturated carbocycles. The van der Waals surface area contributed by atoms with Gasteiger partial charge in [-0.1, -0.05) is 18.2 Å². The van der Waals surface area contributed by atoms with E-state index in [0.29, 0.717) is 16.1 Å². The van der Waals surface area contributed by atoms with Crippen LogP contribution in [0.3, 0.4) is 0 Å². The summed E-state index contributed by atoms with van der Waals surface area (Å²) in [6, 6.07) is 11.5. The number of nitrogens with zero attached hydrogens (tertiary/aromatic N) is 2. The van der Waals surface area contributed by atoms with E-state index in [2.05, 4.69) is 9.71 Å². The van der Waals surface area contributed by atoms with Gasteiger partial charge in [0.05, 0.1) is 4.90 Å². The molecule has 0 atom stereocenters. The Labute approximate surface area is 161 Å². The molecule has 1 N–H and O–H groups in total. The minimum absolute atomic E-state index is 0.0173. The van der Waals surface area contributed by atoms with E-state index in [1.807, 2.05) is 18.4 Å². The number of sulfonamides is 1. The predicted octanol–water partition coefficient (Wildman–Crippen LogP) is 3.25. The summed E-state index contributed by atoms with van der Waals surface area (Å²) >= 11 is 1.34. The molecule has 0 aliphatic carbocycles. The number of amides is 1. The van der Waals surface area contributed by atoms with Crippen molar-refractivity contribution < 1.29 is 13.2 Å². The van der Waals surface area contributed by atoms with Crippen LogP contribution in [-0.4, -0.2) is 18.9 Å². The van der Waals surface area contributed by atoms with Crippen LogP contribution in [0.5, 0.6) is 0 Å². The Morgan fingerprint density at radius 2 is 1.93 bits per heavy atom. The van der Waals surface area contributed by atoms with Gasteiger partial charge in [-0.05, 0) is 49.2 Å². The van der Waals surface area contributed by atoms with Crippen molar-refractivity contribution >= 4 is 33.0 Å². The number of nitrogens with one attached hydrogen (secondary N) is 1. The Bertz CT molecular complexity index is 1170. The lowest BCUT2D eigenvalue weighted by atomic mass is 10.1. The van der Waals surface area contributed by atoms with Crippen molar-refractivity contribution in [1.29, 1.82) is 0 Å². The van der Waals surface area contributed by atoms with E-state index >= 15 is 0 Å². The molecular formula is C19H19N3O3S2. The van der Waals surface area contributed by atoms with Crippen LogP contribution in [0, 0.1) is 13.8 Å². The van der Waals surface area contributed by atoms with E-state index in [1.54, 1.807) is 49.0 Å². The summed E-state index contributed by atoms with van der Waals surface area (Å²) in [5.41, 5.74) is 2.34. The second kappa shape index (κ2) is 7.50. The number of rotatable bonds is 4. The summed E-state index contributed by atoms with van der Waals surface area (Å²) < 4.78 is 29.7. The molecule has 27 heavy (non-hydrogen) atoms. The Kier molecular flexibility index (Phi) is 5.29. The Hall–Kier alpha value is -2.71. The molecule has 6 nitrogen and oxygen atoms in total. The maximum Gasteiger partial charge on any atom is 0.279 e.